The standard InChI is InChI=1S/C28H39N7O5/c1-20(2)32-28-34-26(33-27(35-28)31-19-21-16-23(37-3)18-24(17-21)38-4)30-11-13-40-15-14-39-12-10-29-25(36)22-8-6-5-7-9-22/h5-9,16-18,20H,10-15,19H2,1-4H3,(H,29,36)(H3,30,31,32,33,34,35). The second kappa shape index (κ2) is 16.7. The quantitative estimate of drug-likeness (QED) is 0.173. The zero-order valence-electron chi connectivity index (χ0n) is 23.5. The molecule has 0 unspecified atom stereocenters. The van der Waals surface area contributed by atoms with Gasteiger partial charge in [-0.3, -0.25) is 4.79 Å². The first-order chi connectivity index (χ1) is 19.5. The highest BCUT2D eigenvalue weighted by Gasteiger charge is 2.09. The lowest BCUT2D eigenvalue weighted by Crippen LogP contribution is -2.27. The van der Waals surface area contributed by atoms with Crippen LogP contribution in [0.4, 0.5) is 17.8 Å². The van der Waals surface area contributed by atoms with Gasteiger partial charge in [0.1, 0.15) is 11.5 Å². The van der Waals surface area contributed by atoms with Crippen LogP contribution in [0.1, 0.15) is 29.8 Å². The first kappa shape index (κ1) is 30.4. The number of methoxy groups -OCH3 is 2. The molecular weight excluding hydrogens is 514 g/mol. The van der Waals surface area contributed by atoms with E-state index in [1.54, 1.807) is 26.4 Å². The molecule has 0 aliphatic rings. The summed E-state index contributed by atoms with van der Waals surface area (Å²) in [6.45, 7) is 7.15. The molecule has 216 valence electrons. The molecule has 0 radical (unpaired) electrons. The number of amides is 1. The lowest BCUT2D eigenvalue weighted by Gasteiger charge is -2.13. The number of hydrogen-bond acceptors (Lipinski definition) is 11. The van der Waals surface area contributed by atoms with Gasteiger partial charge in [-0.2, -0.15) is 15.0 Å². The van der Waals surface area contributed by atoms with E-state index >= 15 is 0 Å². The Balaban J connectivity index is 1.38. The van der Waals surface area contributed by atoms with Crippen molar-refractivity contribution >= 4 is 23.8 Å². The van der Waals surface area contributed by atoms with Crippen molar-refractivity contribution in [1.29, 1.82) is 0 Å². The maximum atomic E-state index is 12.0. The van der Waals surface area contributed by atoms with Gasteiger partial charge in [0, 0.05) is 37.3 Å². The van der Waals surface area contributed by atoms with Gasteiger partial charge in [-0.15, -0.1) is 0 Å². The number of ether oxygens (including phenoxy) is 4. The second-order valence-corrected chi connectivity index (χ2v) is 8.95. The van der Waals surface area contributed by atoms with E-state index in [2.05, 4.69) is 36.2 Å². The summed E-state index contributed by atoms with van der Waals surface area (Å²) in [5.41, 5.74) is 1.59. The zero-order chi connectivity index (χ0) is 28.6. The third-order valence-corrected chi connectivity index (χ3v) is 5.38. The molecule has 1 aromatic heterocycles. The molecule has 0 saturated heterocycles. The van der Waals surface area contributed by atoms with Crippen molar-refractivity contribution < 1.29 is 23.7 Å². The Morgan fingerprint density at radius 3 is 2.00 bits per heavy atom. The summed E-state index contributed by atoms with van der Waals surface area (Å²) in [6.07, 6.45) is 0. The molecule has 3 rings (SSSR count). The molecule has 1 heterocycles. The third-order valence-electron chi connectivity index (χ3n) is 5.38. The second-order valence-electron chi connectivity index (χ2n) is 8.95. The summed E-state index contributed by atoms with van der Waals surface area (Å²) < 4.78 is 21.8. The Morgan fingerprint density at radius 2 is 1.38 bits per heavy atom. The largest absolute Gasteiger partial charge is 0.497 e. The van der Waals surface area contributed by atoms with Crippen molar-refractivity contribution in [2.45, 2.75) is 26.4 Å². The lowest BCUT2D eigenvalue weighted by atomic mass is 10.2. The zero-order valence-corrected chi connectivity index (χ0v) is 23.5. The molecule has 0 atom stereocenters. The maximum absolute atomic E-state index is 12.0. The fourth-order valence-corrected chi connectivity index (χ4v) is 3.49. The van der Waals surface area contributed by atoms with Crippen molar-refractivity contribution in [3.05, 3.63) is 59.7 Å². The summed E-state index contributed by atoms with van der Waals surface area (Å²) in [7, 11) is 3.23. The Kier molecular flexibility index (Phi) is 12.7. The van der Waals surface area contributed by atoms with Crippen LogP contribution in [0, 0.1) is 0 Å². The van der Waals surface area contributed by atoms with Crippen LogP contribution in [0.25, 0.3) is 0 Å². The molecule has 0 spiro atoms. The molecule has 0 bridgehead atoms. The minimum absolute atomic E-state index is 0.115. The fraction of sp³-hybridized carbons (Fsp3) is 0.429. The van der Waals surface area contributed by atoms with E-state index in [4.69, 9.17) is 18.9 Å². The minimum Gasteiger partial charge on any atom is -0.497 e. The Morgan fingerprint density at radius 1 is 0.775 bits per heavy atom. The first-order valence-corrected chi connectivity index (χ1v) is 13.2. The van der Waals surface area contributed by atoms with Crippen molar-refractivity contribution in [2.24, 2.45) is 0 Å². The van der Waals surface area contributed by atoms with Crippen LogP contribution < -0.4 is 30.7 Å². The van der Waals surface area contributed by atoms with E-state index in [9.17, 15) is 4.79 Å². The fourth-order valence-electron chi connectivity index (χ4n) is 3.49. The highest BCUT2D eigenvalue weighted by atomic mass is 16.5. The predicted octanol–water partition coefficient (Wildman–Crippen LogP) is 3.20. The van der Waals surface area contributed by atoms with E-state index in [0.29, 0.717) is 81.0 Å². The van der Waals surface area contributed by atoms with Crippen LogP contribution in [0.3, 0.4) is 0 Å². The molecule has 40 heavy (non-hydrogen) atoms. The van der Waals surface area contributed by atoms with Crippen LogP contribution in [0.15, 0.2) is 48.5 Å². The number of anilines is 3. The molecule has 0 aliphatic heterocycles. The van der Waals surface area contributed by atoms with Crippen molar-refractivity contribution in [2.75, 3.05) is 69.7 Å². The van der Waals surface area contributed by atoms with Gasteiger partial charge in [0.25, 0.3) is 5.91 Å². The van der Waals surface area contributed by atoms with Crippen molar-refractivity contribution in [1.82, 2.24) is 20.3 Å². The monoisotopic (exact) mass is 553 g/mol. The summed E-state index contributed by atoms with van der Waals surface area (Å²) >= 11 is 0. The summed E-state index contributed by atoms with van der Waals surface area (Å²) in [5.74, 6) is 2.62. The molecule has 12 nitrogen and oxygen atoms in total. The summed E-state index contributed by atoms with van der Waals surface area (Å²) in [6, 6.07) is 14.9. The van der Waals surface area contributed by atoms with E-state index in [-0.39, 0.29) is 11.9 Å². The van der Waals surface area contributed by atoms with Crippen LogP contribution in [-0.2, 0) is 16.0 Å². The van der Waals surface area contributed by atoms with Gasteiger partial charge < -0.3 is 40.2 Å². The molecule has 0 aliphatic carbocycles. The number of aromatic nitrogens is 3. The number of benzene rings is 2. The first-order valence-electron chi connectivity index (χ1n) is 13.2. The van der Waals surface area contributed by atoms with Gasteiger partial charge in [0.2, 0.25) is 17.8 Å². The number of nitrogens with zero attached hydrogens (tertiary/aromatic N) is 3. The van der Waals surface area contributed by atoms with Gasteiger partial charge in [0.15, 0.2) is 0 Å². The Bertz CT molecular complexity index is 1160. The molecule has 2 aromatic carbocycles. The highest BCUT2D eigenvalue weighted by molar-refractivity contribution is 5.94. The minimum atomic E-state index is -0.115. The Labute approximate surface area is 235 Å². The molecule has 1 amide bonds. The molecule has 3 aromatic rings. The van der Waals surface area contributed by atoms with E-state index in [1.807, 2.05) is 50.2 Å². The highest BCUT2D eigenvalue weighted by Crippen LogP contribution is 2.23. The molecule has 0 saturated carbocycles. The topological polar surface area (TPSA) is 141 Å². The number of carbonyl (C=O) groups excluding carboxylic acids is 1. The smallest absolute Gasteiger partial charge is 0.251 e. The van der Waals surface area contributed by atoms with E-state index in [1.165, 1.54) is 0 Å². The van der Waals surface area contributed by atoms with Crippen LogP contribution in [0.2, 0.25) is 0 Å². The van der Waals surface area contributed by atoms with Crippen molar-refractivity contribution in [3.8, 4) is 11.5 Å². The maximum Gasteiger partial charge on any atom is 0.251 e. The predicted molar refractivity (Wildman–Crippen MR) is 154 cm³/mol. The molecule has 0 fully saturated rings. The number of nitrogens with one attached hydrogen (secondary N) is 4. The van der Waals surface area contributed by atoms with Gasteiger partial charge in [-0.1, -0.05) is 18.2 Å². The number of hydrogen-bond donors (Lipinski definition) is 4. The van der Waals surface area contributed by atoms with E-state index in [0.717, 1.165) is 5.56 Å². The van der Waals surface area contributed by atoms with Gasteiger partial charge in [-0.25, -0.2) is 0 Å². The molecule has 12 heteroatoms. The van der Waals surface area contributed by atoms with Crippen LogP contribution >= 0.6 is 0 Å². The average molecular weight is 554 g/mol. The Hall–Kier alpha value is -4.16. The average Bonchev–Trinajstić information content (AvgIpc) is 2.96. The molecular formula is C28H39N7O5. The normalized spacial score (nSPS) is 10.7. The summed E-state index contributed by atoms with van der Waals surface area (Å²) in [4.78, 5) is 25.4. The number of rotatable bonds is 18. The summed E-state index contributed by atoms with van der Waals surface area (Å²) in [5, 5.41) is 12.5. The SMILES string of the molecule is COc1cc(CNc2nc(NCCOCCOCCNC(=O)c3ccccc3)nc(NC(C)C)n2)cc(OC)c1. The number of carbonyl (C=O) groups is 1. The molecule has 4 N–H and O–H groups in total. The van der Waals surface area contributed by atoms with E-state index < -0.39 is 0 Å². The lowest BCUT2D eigenvalue weighted by molar-refractivity contribution is 0.0519. The van der Waals surface area contributed by atoms with Crippen LogP contribution in [0.5, 0.6) is 11.5 Å². The third kappa shape index (κ3) is 10.9. The van der Waals surface area contributed by atoms with Gasteiger partial charge >= 0.3 is 0 Å². The van der Waals surface area contributed by atoms with Gasteiger partial charge in [-0.05, 0) is 43.7 Å². The van der Waals surface area contributed by atoms with Gasteiger partial charge in [0.05, 0.1) is 40.6 Å². The van der Waals surface area contributed by atoms with Crippen LogP contribution in [-0.4, -0.2) is 80.6 Å². The van der Waals surface area contributed by atoms with Crippen molar-refractivity contribution in [3.63, 3.8) is 0 Å².